The van der Waals surface area contributed by atoms with Crippen LogP contribution in [0, 0.1) is 18.6 Å². The number of sulfonamides is 1. The van der Waals surface area contributed by atoms with Gasteiger partial charge in [-0.25, -0.2) is 17.2 Å². The maximum Gasteiger partial charge on any atom is 0.253 e. The Morgan fingerprint density at radius 3 is 2.75 bits per heavy atom. The maximum absolute atomic E-state index is 13.9. The van der Waals surface area contributed by atoms with E-state index in [-0.39, 0.29) is 23.5 Å². The van der Waals surface area contributed by atoms with Gasteiger partial charge in [0, 0.05) is 48.5 Å². The Morgan fingerprint density at radius 1 is 1.22 bits per heavy atom. The minimum absolute atomic E-state index is 0.00231. The molecule has 168 valence electrons. The SMILES string of the molecule is Cc1cncc2c(S(=O)(=O)N3CC[C@H](NC(=O)C(O)c4ccc(F)cc4F)C3)cccc12. The second-order valence-corrected chi connectivity index (χ2v) is 9.64. The fourth-order valence-electron chi connectivity index (χ4n) is 3.89. The lowest BCUT2D eigenvalue weighted by molar-refractivity contribution is -0.130. The first-order valence-corrected chi connectivity index (χ1v) is 11.4. The van der Waals surface area contributed by atoms with Gasteiger partial charge in [-0.05, 0) is 36.4 Å². The van der Waals surface area contributed by atoms with E-state index in [4.69, 9.17) is 0 Å². The number of aliphatic hydroxyl groups excluding tert-OH is 1. The number of pyridine rings is 1. The number of nitrogens with zero attached hydrogens (tertiary/aromatic N) is 2. The van der Waals surface area contributed by atoms with E-state index >= 15 is 0 Å². The van der Waals surface area contributed by atoms with E-state index in [0.29, 0.717) is 17.9 Å². The van der Waals surface area contributed by atoms with Crippen LogP contribution in [-0.2, 0) is 14.8 Å². The lowest BCUT2D eigenvalue weighted by Crippen LogP contribution is -2.41. The standard InChI is InChI=1S/C22H21F2N3O4S/c1-13-10-25-11-18-16(13)3-2-4-20(18)32(30,31)27-8-7-15(12-27)26-22(29)21(28)17-6-5-14(23)9-19(17)24/h2-6,9-11,15,21,28H,7-8,12H2,1H3,(H,26,29)/t15-,21?/m0/s1. The fraction of sp³-hybridized carbons (Fsp3) is 0.273. The molecule has 2 heterocycles. The third-order valence-electron chi connectivity index (χ3n) is 5.58. The number of aliphatic hydroxyl groups is 1. The molecule has 0 aliphatic carbocycles. The monoisotopic (exact) mass is 461 g/mol. The number of aryl methyl sites for hydroxylation is 1. The van der Waals surface area contributed by atoms with Gasteiger partial charge in [-0.1, -0.05) is 18.2 Å². The Bertz CT molecular complexity index is 1300. The molecular weight excluding hydrogens is 440 g/mol. The van der Waals surface area contributed by atoms with Crippen LogP contribution in [0.1, 0.15) is 23.7 Å². The summed E-state index contributed by atoms with van der Waals surface area (Å²) in [5.74, 6) is -2.75. The molecule has 32 heavy (non-hydrogen) atoms. The summed E-state index contributed by atoms with van der Waals surface area (Å²) in [4.78, 5) is 16.6. The van der Waals surface area contributed by atoms with Crippen molar-refractivity contribution in [3.63, 3.8) is 0 Å². The van der Waals surface area contributed by atoms with Crippen molar-refractivity contribution in [2.24, 2.45) is 0 Å². The average Bonchev–Trinajstić information content (AvgIpc) is 3.22. The molecule has 7 nitrogen and oxygen atoms in total. The van der Waals surface area contributed by atoms with Gasteiger partial charge in [-0.15, -0.1) is 0 Å². The Morgan fingerprint density at radius 2 is 2.00 bits per heavy atom. The number of amides is 1. The topological polar surface area (TPSA) is 99.6 Å². The molecule has 2 aromatic carbocycles. The highest BCUT2D eigenvalue weighted by atomic mass is 32.2. The molecule has 1 aliphatic heterocycles. The number of hydrogen-bond acceptors (Lipinski definition) is 5. The van der Waals surface area contributed by atoms with Gasteiger partial charge < -0.3 is 10.4 Å². The highest BCUT2D eigenvalue weighted by Gasteiger charge is 2.35. The largest absolute Gasteiger partial charge is 0.378 e. The first kappa shape index (κ1) is 22.3. The highest BCUT2D eigenvalue weighted by Crippen LogP contribution is 2.29. The van der Waals surface area contributed by atoms with Crippen LogP contribution in [0.25, 0.3) is 10.8 Å². The third kappa shape index (κ3) is 4.08. The number of hydrogen-bond donors (Lipinski definition) is 2. The van der Waals surface area contributed by atoms with Gasteiger partial charge >= 0.3 is 0 Å². The van der Waals surface area contributed by atoms with Crippen LogP contribution in [0.2, 0.25) is 0 Å². The zero-order valence-electron chi connectivity index (χ0n) is 17.1. The number of rotatable bonds is 5. The third-order valence-corrected chi connectivity index (χ3v) is 7.51. The van der Waals surface area contributed by atoms with E-state index in [9.17, 15) is 27.1 Å². The molecule has 0 spiro atoms. The number of aromatic nitrogens is 1. The van der Waals surface area contributed by atoms with Crippen LogP contribution in [0.4, 0.5) is 8.78 Å². The summed E-state index contributed by atoms with van der Waals surface area (Å²) in [5.41, 5.74) is 0.498. The van der Waals surface area contributed by atoms with Gasteiger partial charge in [-0.2, -0.15) is 4.31 Å². The van der Waals surface area contributed by atoms with Crippen molar-refractivity contribution < 1.29 is 27.1 Å². The highest BCUT2D eigenvalue weighted by molar-refractivity contribution is 7.89. The van der Waals surface area contributed by atoms with Gasteiger partial charge in [0.1, 0.15) is 11.6 Å². The zero-order valence-corrected chi connectivity index (χ0v) is 17.9. The molecule has 2 N–H and O–H groups in total. The summed E-state index contributed by atoms with van der Waals surface area (Å²) in [6, 6.07) is 6.98. The van der Waals surface area contributed by atoms with Crippen LogP contribution < -0.4 is 5.32 Å². The first-order valence-electron chi connectivity index (χ1n) is 9.95. The zero-order chi connectivity index (χ0) is 23.0. The van der Waals surface area contributed by atoms with Crippen LogP contribution in [0.3, 0.4) is 0 Å². The van der Waals surface area contributed by atoms with E-state index in [1.807, 2.05) is 13.0 Å². The lowest BCUT2D eigenvalue weighted by Gasteiger charge is -2.19. The molecule has 0 radical (unpaired) electrons. The quantitative estimate of drug-likeness (QED) is 0.608. The molecule has 2 atom stereocenters. The van der Waals surface area contributed by atoms with Gasteiger partial charge in [0.2, 0.25) is 10.0 Å². The van der Waals surface area contributed by atoms with Crippen molar-refractivity contribution in [3.05, 3.63) is 71.6 Å². The van der Waals surface area contributed by atoms with Crippen molar-refractivity contribution in [2.45, 2.75) is 30.4 Å². The summed E-state index contributed by atoms with van der Waals surface area (Å²) in [7, 11) is -3.86. The molecule has 0 saturated carbocycles. The molecule has 1 aromatic heterocycles. The van der Waals surface area contributed by atoms with Crippen LogP contribution >= 0.6 is 0 Å². The van der Waals surface area contributed by atoms with Gasteiger partial charge in [0.15, 0.2) is 6.10 Å². The normalized spacial score (nSPS) is 18.1. The summed E-state index contributed by atoms with van der Waals surface area (Å²) in [5, 5.41) is 14.0. The Labute approximate surface area is 183 Å². The van der Waals surface area contributed by atoms with Crippen LogP contribution in [0.5, 0.6) is 0 Å². The Kier molecular flexibility index (Phi) is 5.93. The second kappa shape index (κ2) is 8.53. The average molecular weight is 461 g/mol. The molecule has 3 aromatic rings. The fourth-order valence-corrected chi connectivity index (χ4v) is 5.58. The van der Waals surface area contributed by atoms with Crippen LogP contribution in [-0.4, -0.2) is 47.9 Å². The number of halogens is 2. The first-order chi connectivity index (χ1) is 15.2. The Hall–Kier alpha value is -2.95. The molecule has 1 saturated heterocycles. The van der Waals surface area contributed by atoms with Crippen molar-refractivity contribution in [2.75, 3.05) is 13.1 Å². The summed E-state index contributed by atoms with van der Waals surface area (Å²) in [6.07, 6.45) is 1.66. The molecular formula is C22H21F2N3O4S. The number of carbonyl (C=O) groups is 1. The number of nitrogens with one attached hydrogen (secondary N) is 1. The van der Waals surface area contributed by atoms with Gasteiger partial charge in [-0.3, -0.25) is 9.78 Å². The van der Waals surface area contributed by atoms with E-state index in [0.717, 1.165) is 23.1 Å². The summed E-state index contributed by atoms with van der Waals surface area (Å²) in [6.45, 7) is 2.02. The number of benzene rings is 2. The van der Waals surface area contributed by atoms with E-state index < -0.39 is 39.7 Å². The minimum Gasteiger partial charge on any atom is -0.378 e. The van der Waals surface area contributed by atoms with Gasteiger partial charge in [0.25, 0.3) is 5.91 Å². The van der Waals surface area contributed by atoms with E-state index in [1.165, 1.54) is 16.6 Å². The summed E-state index contributed by atoms with van der Waals surface area (Å²) >= 11 is 0. The second-order valence-electron chi connectivity index (χ2n) is 7.73. The predicted octanol–water partition coefficient (Wildman–Crippen LogP) is 2.43. The molecule has 1 amide bonds. The molecule has 10 heteroatoms. The van der Waals surface area contributed by atoms with Crippen molar-refractivity contribution in [3.8, 4) is 0 Å². The van der Waals surface area contributed by atoms with E-state index in [1.54, 1.807) is 12.3 Å². The van der Waals surface area contributed by atoms with Gasteiger partial charge in [0.05, 0.1) is 4.90 Å². The van der Waals surface area contributed by atoms with Crippen molar-refractivity contribution in [1.82, 2.24) is 14.6 Å². The Balaban J connectivity index is 1.50. The molecule has 4 rings (SSSR count). The predicted molar refractivity (Wildman–Crippen MR) is 113 cm³/mol. The lowest BCUT2D eigenvalue weighted by atomic mass is 10.1. The molecule has 0 bridgehead atoms. The molecule has 1 unspecified atom stereocenters. The van der Waals surface area contributed by atoms with Crippen LogP contribution in [0.15, 0.2) is 53.7 Å². The van der Waals surface area contributed by atoms with Crippen molar-refractivity contribution >= 4 is 26.7 Å². The van der Waals surface area contributed by atoms with Crippen molar-refractivity contribution in [1.29, 1.82) is 0 Å². The summed E-state index contributed by atoms with van der Waals surface area (Å²) < 4.78 is 54.7. The maximum atomic E-state index is 13.9. The van der Waals surface area contributed by atoms with E-state index in [2.05, 4.69) is 10.3 Å². The molecule has 1 aliphatic rings. The minimum atomic E-state index is -3.86. The molecule has 1 fully saturated rings. The smallest absolute Gasteiger partial charge is 0.253 e. The number of fused-ring (bicyclic) bond motifs is 1. The number of carbonyl (C=O) groups excluding carboxylic acids is 1.